The first-order valence-electron chi connectivity index (χ1n) is 9.92. The van der Waals surface area contributed by atoms with E-state index < -0.39 is 0 Å². The number of thiazole rings is 1. The third-order valence-corrected chi connectivity index (χ3v) is 5.83. The van der Waals surface area contributed by atoms with Gasteiger partial charge in [-0.15, -0.1) is 11.3 Å². The van der Waals surface area contributed by atoms with Crippen molar-refractivity contribution in [3.63, 3.8) is 0 Å². The summed E-state index contributed by atoms with van der Waals surface area (Å²) in [7, 11) is 0. The first kappa shape index (κ1) is 21.0. The van der Waals surface area contributed by atoms with Crippen LogP contribution in [0.2, 0.25) is 0 Å². The minimum Gasteiger partial charge on any atom is -0.314 e. The summed E-state index contributed by atoms with van der Waals surface area (Å²) in [4.78, 5) is 16.5. The number of benzene rings is 2. The maximum absolute atomic E-state index is 11.4. The Morgan fingerprint density at radius 1 is 1.07 bits per heavy atom. The second kappa shape index (κ2) is 9.18. The van der Waals surface area contributed by atoms with Gasteiger partial charge in [-0.3, -0.25) is 10.1 Å². The van der Waals surface area contributed by atoms with Crippen molar-refractivity contribution < 1.29 is 4.92 Å². The molecular weight excluding hydrogens is 382 g/mol. The summed E-state index contributed by atoms with van der Waals surface area (Å²) in [5.74, 6) is 0.620. The number of hydrogen-bond donors (Lipinski definition) is 0. The maximum atomic E-state index is 11.4. The number of para-hydroxylation sites is 2. The number of rotatable bonds is 7. The van der Waals surface area contributed by atoms with Crippen molar-refractivity contribution in [3.8, 4) is 11.3 Å². The first-order valence-corrected chi connectivity index (χ1v) is 10.8. The molecule has 0 saturated carbocycles. The van der Waals surface area contributed by atoms with Gasteiger partial charge in [0.25, 0.3) is 5.69 Å². The molecule has 0 aliphatic rings. The molecule has 3 aromatic rings. The minimum atomic E-state index is -0.375. The summed E-state index contributed by atoms with van der Waals surface area (Å²) in [6.45, 7) is 8.73. The average molecular weight is 410 g/mol. The predicted molar refractivity (Wildman–Crippen MR) is 120 cm³/mol. The normalized spacial score (nSPS) is 13.1. The molecule has 3 rings (SSSR count). The van der Waals surface area contributed by atoms with E-state index in [1.165, 1.54) is 23.0 Å². The molecule has 0 spiro atoms. The summed E-state index contributed by atoms with van der Waals surface area (Å²) in [5, 5.41) is 13.5. The van der Waals surface area contributed by atoms with Gasteiger partial charge in [-0.2, -0.15) is 0 Å². The lowest BCUT2D eigenvalue weighted by molar-refractivity contribution is -0.384. The topological polar surface area (TPSA) is 60.4 Å². The molecule has 1 unspecified atom stereocenters. The van der Waals surface area contributed by atoms with E-state index in [2.05, 4.69) is 61.9 Å². The molecule has 0 fully saturated rings. The van der Waals surface area contributed by atoms with Crippen LogP contribution in [0.1, 0.15) is 45.2 Å². The first-order chi connectivity index (χ1) is 13.9. The molecule has 0 radical (unpaired) electrons. The van der Waals surface area contributed by atoms with Crippen molar-refractivity contribution >= 4 is 22.7 Å². The lowest BCUT2D eigenvalue weighted by Crippen LogP contribution is -2.20. The monoisotopic (exact) mass is 409 g/mol. The van der Waals surface area contributed by atoms with E-state index in [0.29, 0.717) is 11.6 Å². The molecule has 29 heavy (non-hydrogen) atoms. The van der Waals surface area contributed by atoms with E-state index in [4.69, 9.17) is 4.99 Å². The Hall–Kier alpha value is -2.73. The Morgan fingerprint density at radius 3 is 2.41 bits per heavy atom. The molecule has 0 bridgehead atoms. The summed E-state index contributed by atoms with van der Waals surface area (Å²) < 4.78 is 2.23. The molecule has 0 aliphatic carbocycles. The molecule has 2 aromatic carbocycles. The van der Waals surface area contributed by atoms with Crippen molar-refractivity contribution in [3.05, 3.63) is 74.4 Å². The van der Waals surface area contributed by atoms with Gasteiger partial charge >= 0.3 is 0 Å². The smallest absolute Gasteiger partial charge is 0.294 e. The van der Waals surface area contributed by atoms with Crippen LogP contribution in [0.4, 0.5) is 11.4 Å². The van der Waals surface area contributed by atoms with Gasteiger partial charge in [0.1, 0.15) is 5.69 Å². The van der Waals surface area contributed by atoms with Gasteiger partial charge in [-0.25, -0.2) is 4.99 Å². The molecule has 1 aromatic heterocycles. The van der Waals surface area contributed by atoms with Gasteiger partial charge < -0.3 is 4.57 Å². The zero-order valence-corrected chi connectivity index (χ0v) is 18.1. The summed E-state index contributed by atoms with van der Waals surface area (Å²) in [6, 6.07) is 15.3. The highest BCUT2D eigenvalue weighted by Crippen LogP contribution is 2.29. The van der Waals surface area contributed by atoms with Gasteiger partial charge in [0.05, 0.1) is 10.6 Å². The lowest BCUT2D eigenvalue weighted by Gasteiger charge is -2.18. The zero-order valence-electron chi connectivity index (χ0n) is 17.3. The molecule has 6 heteroatoms. The van der Waals surface area contributed by atoms with Crippen LogP contribution in [0.15, 0.2) is 58.9 Å². The van der Waals surface area contributed by atoms with Gasteiger partial charge in [0, 0.05) is 17.5 Å². The van der Waals surface area contributed by atoms with Crippen molar-refractivity contribution in [1.29, 1.82) is 0 Å². The van der Waals surface area contributed by atoms with Crippen LogP contribution in [0.5, 0.6) is 0 Å². The van der Waals surface area contributed by atoms with Crippen LogP contribution in [-0.4, -0.2) is 9.49 Å². The maximum Gasteiger partial charge on any atom is 0.294 e. The lowest BCUT2D eigenvalue weighted by atomic mass is 10.0. The van der Waals surface area contributed by atoms with Crippen molar-refractivity contribution in [2.24, 2.45) is 10.9 Å². The van der Waals surface area contributed by atoms with Gasteiger partial charge in [-0.05, 0) is 44.2 Å². The predicted octanol–water partition coefficient (Wildman–Crippen LogP) is 6.66. The third kappa shape index (κ3) is 5.01. The fourth-order valence-electron chi connectivity index (χ4n) is 3.28. The Kier molecular flexibility index (Phi) is 6.64. The quantitative estimate of drug-likeness (QED) is 0.323. The zero-order chi connectivity index (χ0) is 21.0. The van der Waals surface area contributed by atoms with Crippen LogP contribution in [-0.2, 0) is 0 Å². The van der Waals surface area contributed by atoms with Crippen LogP contribution >= 0.6 is 11.3 Å². The largest absolute Gasteiger partial charge is 0.314 e. The second-order valence-electron chi connectivity index (χ2n) is 7.82. The standard InChI is InChI=1S/C23H27N3O2S/c1-16(2)9-12-18(4)25-22(19-13-10-17(3)11-14-19)15-29-23(25)24-20-7-5-6-8-21(20)26(27)28/h5-8,10-11,13-16,18H,9,12H2,1-4H3. The van der Waals surface area contributed by atoms with Crippen molar-refractivity contribution in [2.45, 2.75) is 46.6 Å². The molecule has 152 valence electrons. The molecular formula is C23H27N3O2S. The molecule has 0 N–H and O–H groups in total. The fraction of sp³-hybridized carbons (Fsp3) is 0.348. The molecule has 5 nitrogen and oxygen atoms in total. The van der Waals surface area contributed by atoms with Crippen molar-refractivity contribution in [2.75, 3.05) is 0 Å². The molecule has 0 aliphatic heterocycles. The van der Waals surface area contributed by atoms with Gasteiger partial charge in [0.15, 0.2) is 4.80 Å². The van der Waals surface area contributed by atoms with E-state index in [0.717, 1.165) is 28.9 Å². The molecule has 1 heterocycles. The highest BCUT2D eigenvalue weighted by molar-refractivity contribution is 7.07. The number of aryl methyl sites for hydroxylation is 1. The number of nitrogens with zero attached hydrogens (tertiary/aromatic N) is 3. The van der Waals surface area contributed by atoms with Gasteiger partial charge in [0.2, 0.25) is 0 Å². The minimum absolute atomic E-state index is 0.0270. The third-order valence-electron chi connectivity index (χ3n) is 4.99. The Labute approximate surface area is 175 Å². The number of hydrogen-bond acceptors (Lipinski definition) is 4. The highest BCUT2D eigenvalue weighted by Gasteiger charge is 2.17. The average Bonchev–Trinajstić information content (AvgIpc) is 3.10. The summed E-state index contributed by atoms with van der Waals surface area (Å²) in [5.41, 5.74) is 3.86. The Morgan fingerprint density at radius 2 is 1.76 bits per heavy atom. The Bertz CT molecular complexity index is 1050. The van der Waals surface area contributed by atoms with Crippen molar-refractivity contribution in [1.82, 2.24) is 4.57 Å². The Balaban J connectivity index is 2.15. The fourth-order valence-corrected chi connectivity index (χ4v) is 4.29. The number of nitro groups is 1. The van der Waals surface area contributed by atoms with Crippen LogP contribution < -0.4 is 4.80 Å². The second-order valence-corrected chi connectivity index (χ2v) is 8.65. The summed E-state index contributed by atoms with van der Waals surface area (Å²) >= 11 is 1.53. The van der Waals surface area contributed by atoms with E-state index in [9.17, 15) is 10.1 Å². The SMILES string of the molecule is Cc1ccc(-c2csc(=Nc3ccccc3[N+](=O)[O-])n2C(C)CCC(C)C)cc1. The van der Waals surface area contributed by atoms with Crippen LogP contribution in [0.25, 0.3) is 11.3 Å². The van der Waals surface area contributed by atoms with Crippen LogP contribution in [0, 0.1) is 23.0 Å². The van der Waals surface area contributed by atoms with E-state index in [1.807, 2.05) is 0 Å². The number of aromatic nitrogens is 1. The van der Waals surface area contributed by atoms with Gasteiger partial charge in [-0.1, -0.05) is 55.8 Å². The molecule has 0 amide bonds. The summed E-state index contributed by atoms with van der Waals surface area (Å²) in [6.07, 6.45) is 2.14. The highest BCUT2D eigenvalue weighted by atomic mass is 32.1. The van der Waals surface area contributed by atoms with E-state index in [1.54, 1.807) is 18.2 Å². The molecule has 0 saturated heterocycles. The van der Waals surface area contributed by atoms with E-state index in [-0.39, 0.29) is 16.7 Å². The van der Waals surface area contributed by atoms with E-state index >= 15 is 0 Å². The van der Waals surface area contributed by atoms with Crippen LogP contribution in [0.3, 0.4) is 0 Å². The molecule has 1 atom stereocenters. The number of nitro benzene ring substituents is 1.